The van der Waals surface area contributed by atoms with Crippen LogP contribution in [0.25, 0.3) is 0 Å². The first-order valence-electron chi connectivity index (χ1n) is 13.1. The van der Waals surface area contributed by atoms with E-state index in [0.717, 1.165) is 24.8 Å². The van der Waals surface area contributed by atoms with Gasteiger partial charge in [-0.15, -0.1) is 0 Å². The van der Waals surface area contributed by atoms with Crippen LogP contribution in [0, 0.1) is 0 Å². The Morgan fingerprint density at radius 3 is 1.78 bits per heavy atom. The predicted octanol–water partition coefficient (Wildman–Crippen LogP) is 7.96. The minimum atomic E-state index is -0.397. The fourth-order valence-electron chi connectivity index (χ4n) is 3.77. The summed E-state index contributed by atoms with van der Waals surface area (Å²) in [5.74, 6) is -0.184. The zero-order chi connectivity index (χ0) is 23.3. The first kappa shape index (κ1) is 28.2. The van der Waals surface area contributed by atoms with Crippen LogP contribution in [0.2, 0.25) is 0 Å². The average Bonchev–Trinajstić information content (AvgIpc) is 2.80. The van der Waals surface area contributed by atoms with Crippen LogP contribution < -0.4 is 4.74 Å². The molecule has 0 atom stereocenters. The SMILES string of the molecule is CCCCCCCCCCCCCCCCOC(=O)CCC(=O)Oc1cccc(CC)c1. The molecule has 0 bridgehead atoms. The van der Waals surface area contributed by atoms with Crippen molar-refractivity contribution in [2.75, 3.05) is 6.61 Å². The molecule has 0 fully saturated rings. The van der Waals surface area contributed by atoms with E-state index in [9.17, 15) is 9.59 Å². The molecule has 1 aromatic rings. The Hall–Kier alpha value is -1.84. The lowest BCUT2D eigenvalue weighted by Crippen LogP contribution is -2.13. The highest BCUT2D eigenvalue weighted by Gasteiger charge is 2.10. The van der Waals surface area contributed by atoms with E-state index in [0.29, 0.717) is 12.4 Å². The minimum Gasteiger partial charge on any atom is -0.466 e. The van der Waals surface area contributed by atoms with Gasteiger partial charge in [0.05, 0.1) is 19.4 Å². The number of carbonyl (C=O) groups is 2. The largest absolute Gasteiger partial charge is 0.466 e. The van der Waals surface area contributed by atoms with Gasteiger partial charge in [-0.25, -0.2) is 0 Å². The van der Waals surface area contributed by atoms with E-state index < -0.39 is 5.97 Å². The Kier molecular flexibility index (Phi) is 17.5. The fourth-order valence-corrected chi connectivity index (χ4v) is 3.77. The summed E-state index contributed by atoms with van der Waals surface area (Å²) in [6, 6.07) is 7.47. The van der Waals surface area contributed by atoms with Gasteiger partial charge in [0.1, 0.15) is 5.75 Å². The van der Waals surface area contributed by atoms with E-state index in [1.165, 1.54) is 77.0 Å². The maximum atomic E-state index is 11.9. The number of ether oxygens (including phenoxy) is 2. The quantitative estimate of drug-likeness (QED) is 0.116. The summed E-state index contributed by atoms with van der Waals surface area (Å²) in [5.41, 5.74) is 1.11. The molecule has 0 amide bonds. The number of rotatable bonds is 20. The highest BCUT2D eigenvalue weighted by molar-refractivity contribution is 5.79. The third-order valence-corrected chi connectivity index (χ3v) is 5.83. The second kappa shape index (κ2) is 19.8. The third kappa shape index (κ3) is 15.9. The topological polar surface area (TPSA) is 52.6 Å². The van der Waals surface area contributed by atoms with E-state index in [1.54, 1.807) is 6.07 Å². The van der Waals surface area contributed by atoms with Crippen LogP contribution in [-0.4, -0.2) is 18.5 Å². The molecule has 182 valence electrons. The molecule has 0 heterocycles. The van der Waals surface area contributed by atoms with Crippen LogP contribution in [0.5, 0.6) is 5.75 Å². The van der Waals surface area contributed by atoms with Gasteiger partial charge in [0.25, 0.3) is 0 Å². The minimum absolute atomic E-state index is 0.0495. The predicted molar refractivity (Wildman–Crippen MR) is 132 cm³/mol. The number of hydrogen-bond donors (Lipinski definition) is 0. The Labute approximate surface area is 196 Å². The second-order valence-corrected chi connectivity index (χ2v) is 8.79. The van der Waals surface area contributed by atoms with E-state index in [1.807, 2.05) is 18.2 Å². The summed E-state index contributed by atoms with van der Waals surface area (Å²) in [6.45, 7) is 4.77. The summed E-state index contributed by atoms with van der Waals surface area (Å²) in [4.78, 5) is 23.7. The van der Waals surface area contributed by atoms with Crippen molar-refractivity contribution in [3.05, 3.63) is 29.8 Å². The first-order valence-corrected chi connectivity index (χ1v) is 13.1. The molecule has 1 aromatic carbocycles. The third-order valence-electron chi connectivity index (χ3n) is 5.83. The molecule has 0 unspecified atom stereocenters. The van der Waals surface area contributed by atoms with Crippen molar-refractivity contribution in [2.24, 2.45) is 0 Å². The summed E-state index contributed by atoms with van der Waals surface area (Å²) in [6.07, 6.45) is 19.3. The van der Waals surface area contributed by atoms with Gasteiger partial charge < -0.3 is 9.47 Å². The van der Waals surface area contributed by atoms with Crippen molar-refractivity contribution in [2.45, 2.75) is 123 Å². The molecule has 4 nitrogen and oxygen atoms in total. The molecule has 1 rings (SSSR count). The fraction of sp³-hybridized carbons (Fsp3) is 0.714. The Bertz CT molecular complexity index is 611. The number of aryl methyl sites for hydroxylation is 1. The number of benzene rings is 1. The molecule has 0 aliphatic rings. The van der Waals surface area contributed by atoms with E-state index >= 15 is 0 Å². The van der Waals surface area contributed by atoms with Crippen molar-refractivity contribution in [1.29, 1.82) is 0 Å². The maximum absolute atomic E-state index is 11.9. The Morgan fingerprint density at radius 1 is 0.688 bits per heavy atom. The maximum Gasteiger partial charge on any atom is 0.311 e. The van der Waals surface area contributed by atoms with E-state index in [-0.39, 0.29) is 18.8 Å². The first-order chi connectivity index (χ1) is 15.7. The van der Waals surface area contributed by atoms with Crippen molar-refractivity contribution in [1.82, 2.24) is 0 Å². The molecule has 4 heteroatoms. The van der Waals surface area contributed by atoms with Gasteiger partial charge in [0.15, 0.2) is 0 Å². The molecule has 0 spiro atoms. The molecule has 0 saturated heterocycles. The van der Waals surface area contributed by atoms with Crippen molar-refractivity contribution in [3.63, 3.8) is 0 Å². The molecule has 0 aliphatic heterocycles. The second-order valence-electron chi connectivity index (χ2n) is 8.79. The molecule has 0 aliphatic carbocycles. The summed E-state index contributed by atoms with van der Waals surface area (Å²) < 4.78 is 10.5. The van der Waals surface area contributed by atoms with E-state index in [4.69, 9.17) is 9.47 Å². The smallest absolute Gasteiger partial charge is 0.311 e. The number of carbonyl (C=O) groups excluding carboxylic acids is 2. The highest BCUT2D eigenvalue weighted by atomic mass is 16.5. The molecule has 32 heavy (non-hydrogen) atoms. The lowest BCUT2D eigenvalue weighted by Gasteiger charge is -2.07. The van der Waals surface area contributed by atoms with Crippen molar-refractivity contribution < 1.29 is 19.1 Å². The molecular formula is C28H46O4. The van der Waals surface area contributed by atoms with Gasteiger partial charge in [-0.2, -0.15) is 0 Å². The zero-order valence-corrected chi connectivity index (χ0v) is 20.7. The molecule has 0 radical (unpaired) electrons. The molecule has 0 aromatic heterocycles. The van der Waals surface area contributed by atoms with Gasteiger partial charge in [-0.1, -0.05) is 109 Å². The van der Waals surface area contributed by atoms with Gasteiger partial charge >= 0.3 is 11.9 Å². The lowest BCUT2D eigenvalue weighted by molar-refractivity contribution is -0.147. The standard InChI is InChI=1S/C28H46O4/c1-3-5-6-7-8-9-10-11-12-13-14-15-16-17-23-31-27(29)21-22-28(30)32-26-20-18-19-25(4-2)24-26/h18-20,24H,3-17,21-23H2,1-2H3. The summed E-state index contributed by atoms with van der Waals surface area (Å²) in [5, 5.41) is 0. The van der Waals surface area contributed by atoms with Crippen LogP contribution in [0.15, 0.2) is 24.3 Å². The van der Waals surface area contributed by atoms with Crippen LogP contribution >= 0.6 is 0 Å². The van der Waals surface area contributed by atoms with Crippen LogP contribution in [0.1, 0.15) is 122 Å². The molecule has 0 saturated carbocycles. The lowest BCUT2D eigenvalue weighted by atomic mass is 10.0. The molecule has 0 N–H and O–H groups in total. The molecular weight excluding hydrogens is 400 g/mol. The van der Waals surface area contributed by atoms with Crippen LogP contribution in [0.4, 0.5) is 0 Å². The Morgan fingerprint density at radius 2 is 1.22 bits per heavy atom. The van der Waals surface area contributed by atoms with Crippen molar-refractivity contribution >= 4 is 11.9 Å². The van der Waals surface area contributed by atoms with Crippen molar-refractivity contribution in [3.8, 4) is 5.75 Å². The number of hydrogen-bond acceptors (Lipinski definition) is 4. The highest BCUT2D eigenvalue weighted by Crippen LogP contribution is 2.15. The number of unbranched alkanes of at least 4 members (excludes halogenated alkanes) is 13. The zero-order valence-electron chi connectivity index (χ0n) is 20.7. The van der Waals surface area contributed by atoms with Gasteiger partial charge in [-0.3, -0.25) is 9.59 Å². The Balaban J connectivity index is 1.88. The van der Waals surface area contributed by atoms with E-state index in [2.05, 4.69) is 13.8 Å². The normalized spacial score (nSPS) is 10.8. The van der Waals surface area contributed by atoms with Gasteiger partial charge in [-0.05, 0) is 30.5 Å². The summed E-state index contributed by atoms with van der Waals surface area (Å²) in [7, 11) is 0. The summed E-state index contributed by atoms with van der Waals surface area (Å²) >= 11 is 0. The van der Waals surface area contributed by atoms with Crippen LogP contribution in [-0.2, 0) is 20.7 Å². The number of esters is 2. The monoisotopic (exact) mass is 446 g/mol. The van der Waals surface area contributed by atoms with Gasteiger partial charge in [0.2, 0.25) is 0 Å². The van der Waals surface area contributed by atoms with Gasteiger partial charge in [0, 0.05) is 0 Å². The average molecular weight is 447 g/mol. The van der Waals surface area contributed by atoms with Crippen LogP contribution in [0.3, 0.4) is 0 Å².